The van der Waals surface area contributed by atoms with E-state index in [0.29, 0.717) is 0 Å². The Morgan fingerprint density at radius 2 is 1.89 bits per heavy atom. The molecule has 100 valence electrons. The molecule has 3 heteroatoms. The van der Waals surface area contributed by atoms with E-state index < -0.39 is 0 Å². The third-order valence-electron chi connectivity index (χ3n) is 3.25. The Kier molecular flexibility index (Phi) is 4.82. The summed E-state index contributed by atoms with van der Waals surface area (Å²) >= 11 is 2.37. The van der Waals surface area contributed by atoms with Gasteiger partial charge in [0.25, 0.3) is 0 Å². The summed E-state index contributed by atoms with van der Waals surface area (Å²) in [6.45, 7) is 2.11. The molecule has 0 bridgehead atoms. The van der Waals surface area contributed by atoms with E-state index in [9.17, 15) is 0 Å². The van der Waals surface area contributed by atoms with E-state index in [4.69, 9.17) is 10.5 Å². The normalized spacial score (nSPS) is 12.2. The lowest BCUT2D eigenvalue weighted by molar-refractivity contribution is 0.408. The summed E-state index contributed by atoms with van der Waals surface area (Å²) in [5, 5.41) is 0. The van der Waals surface area contributed by atoms with Gasteiger partial charge in [-0.05, 0) is 58.7 Å². The second-order valence-corrected chi connectivity index (χ2v) is 5.68. The molecule has 2 N–H and O–H groups in total. The molecule has 0 aliphatic rings. The second-order valence-electron chi connectivity index (χ2n) is 4.60. The topological polar surface area (TPSA) is 35.2 Å². The summed E-state index contributed by atoms with van der Waals surface area (Å²) < 4.78 is 6.63. The Balaban J connectivity index is 2.26. The van der Waals surface area contributed by atoms with Crippen LogP contribution in [0.1, 0.15) is 22.7 Å². The smallest absolute Gasteiger partial charge is 0.122 e. The third-order valence-corrected chi connectivity index (χ3v) is 4.73. The van der Waals surface area contributed by atoms with Crippen molar-refractivity contribution in [2.24, 2.45) is 5.73 Å². The quantitative estimate of drug-likeness (QED) is 0.834. The molecule has 0 spiro atoms. The highest BCUT2D eigenvalue weighted by molar-refractivity contribution is 14.1. The van der Waals surface area contributed by atoms with Gasteiger partial charge in [-0.25, -0.2) is 0 Å². The lowest BCUT2D eigenvalue weighted by atomic mass is 9.98. The Bertz CT molecular complexity index is 568. The fourth-order valence-corrected chi connectivity index (χ4v) is 2.93. The zero-order chi connectivity index (χ0) is 13.8. The van der Waals surface area contributed by atoms with Crippen LogP contribution >= 0.6 is 22.6 Å². The van der Waals surface area contributed by atoms with Crippen molar-refractivity contribution in [1.82, 2.24) is 0 Å². The van der Waals surface area contributed by atoms with Gasteiger partial charge >= 0.3 is 0 Å². The highest BCUT2D eigenvalue weighted by Crippen LogP contribution is 2.27. The van der Waals surface area contributed by atoms with Crippen molar-refractivity contribution < 1.29 is 4.74 Å². The maximum Gasteiger partial charge on any atom is 0.122 e. The van der Waals surface area contributed by atoms with Crippen LogP contribution in [-0.2, 0) is 6.42 Å². The second kappa shape index (κ2) is 6.39. The van der Waals surface area contributed by atoms with Crippen LogP contribution in [0.2, 0.25) is 0 Å². The minimum atomic E-state index is -0.0110. The molecule has 0 amide bonds. The summed E-state index contributed by atoms with van der Waals surface area (Å²) in [7, 11) is 1.70. The van der Waals surface area contributed by atoms with Gasteiger partial charge in [-0.3, -0.25) is 0 Å². The van der Waals surface area contributed by atoms with Crippen LogP contribution in [0.3, 0.4) is 0 Å². The average molecular weight is 367 g/mol. The van der Waals surface area contributed by atoms with Crippen molar-refractivity contribution in [3.8, 4) is 5.75 Å². The number of hydrogen-bond acceptors (Lipinski definition) is 2. The molecule has 0 heterocycles. The van der Waals surface area contributed by atoms with E-state index in [1.165, 1.54) is 14.7 Å². The molecule has 0 saturated carbocycles. The van der Waals surface area contributed by atoms with Gasteiger partial charge in [-0.2, -0.15) is 0 Å². The van der Waals surface area contributed by atoms with Crippen molar-refractivity contribution in [3.63, 3.8) is 0 Å². The van der Waals surface area contributed by atoms with Gasteiger partial charge in [0, 0.05) is 9.61 Å². The van der Waals surface area contributed by atoms with Crippen LogP contribution in [-0.4, -0.2) is 7.11 Å². The first-order valence-electron chi connectivity index (χ1n) is 6.26. The van der Waals surface area contributed by atoms with Crippen LogP contribution in [0.5, 0.6) is 5.75 Å². The molecule has 1 unspecified atom stereocenters. The minimum Gasteiger partial charge on any atom is -0.496 e. The standard InChI is InChI=1S/C16H18INO/c1-11-6-5-8-13(16(11)17)14(18)10-12-7-3-4-9-15(12)19-2/h3-9,14H,10,18H2,1-2H3. The van der Waals surface area contributed by atoms with Crippen molar-refractivity contribution in [2.45, 2.75) is 19.4 Å². The molecule has 2 aromatic rings. The molecule has 0 radical (unpaired) electrons. The number of nitrogens with two attached hydrogens (primary N) is 1. The maximum atomic E-state index is 6.36. The molecular weight excluding hydrogens is 349 g/mol. The average Bonchev–Trinajstić information content (AvgIpc) is 2.42. The van der Waals surface area contributed by atoms with Crippen LogP contribution in [0, 0.1) is 10.5 Å². The van der Waals surface area contributed by atoms with E-state index in [2.05, 4.69) is 53.8 Å². The van der Waals surface area contributed by atoms with E-state index in [1.807, 2.05) is 18.2 Å². The third kappa shape index (κ3) is 3.28. The zero-order valence-corrected chi connectivity index (χ0v) is 13.3. The Hall–Kier alpha value is -1.07. The number of ether oxygens (including phenoxy) is 1. The number of aryl methyl sites for hydroxylation is 1. The molecular formula is C16H18INO. The Morgan fingerprint density at radius 3 is 2.63 bits per heavy atom. The SMILES string of the molecule is COc1ccccc1CC(N)c1cccc(C)c1I. The van der Waals surface area contributed by atoms with Gasteiger partial charge < -0.3 is 10.5 Å². The molecule has 19 heavy (non-hydrogen) atoms. The molecule has 1 atom stereocenters. The highest BCUT2D eigenvalue weighted by Gasteiger charge is 2.13. The molecule has 2 rings (SSSR count). The van der Waals surface area contributed by atoms with Crippen molar-refractivity contribution >= 4 is 22.6 Å². The highest BCUT2D eigenvalue weighted by atomic mass is 127. The van der Waals surface area contributed by atoms with Gasteiger partial charge in [0.1, 0.15) is 5.75 Å². The molecule has 0 fully saturated rings. The van der Waals surface area contributed by atoms with Crippen LogP contribution in [0.15, 0.2) is 42.5 Å². The van der Waals surface area contributed by atoms with Crippen LogP contribution < -0.4 is 10.5 Å². The van der Waals surface area contributed by atoms with Crippen molar-refractivity contribution in [2.75, 3.05) is 7.11 Å². The number of hydrogen-bond donors (Lipinski definition) is 1. The first kappa shape index (κ1) is 14.3. The molecule has 0 aromatic heterocycles. The van der Waals surface area contributed by atoms with Gasteiger partial charge in [-0.1, -0.05) is 36.4 Å². The zero-order valence-electron chi connectivity index (χ0n) is 11.2. The summed E-state index contributed by atoms with van der Waals surface area (Å²) in [5.41, 5.74) is 9.98. The fraction of sp³-hybridized carbons (Fsp3) is 0.250. The lowest BCUT2D eigenvalue weighted by Crippen LogP contribution is -2.15. The summed E-state index contributed by atoms with van der Waals surface area (Å²) in [5.74, 6) is 0.903. The van der Waals surface area contributed by atoms with Gasteiger partial charge in [-0.15, -0.1) is 0 Å². The molecule has 2 nitrogen and oxygen atoms in total. The molecule has 2 aromatic carbocycles. The van der Waals surface area contributed by atoms with Gasteiger partial charge in [0.2, 0.25) is 0 Å². The summed E-state index contributed by atoms with van der Waals surface area (Å²) in [4.78, 5) is 0. The first-order valence-corrected chi connectivity index (χ1v) is 7.34. The predicted molar refractivity (Wildman–Crippen MR) is 87.5 cm³/mol. The van der Waals surface area contributed by atoms with Crippen LogP contribution in [0.25, 0.3) is 0 Å². The van der Waals surface area contributed by atoms with Crippen LogP contribution in [0.4, 0.5) is 0 Å². The van der Waals surface area contributed by atoms with E-state index in [0.717, 1.165) is 17.7 Å². The van der Waals surface area contributed by atoms with Gasteiger partial charge in [0.15, 0.2) is 0 Å². The number of halogens is 1. The van der Waals surface area contributed by atoms with Gasteiger partial charge in [0.05, 0.1) is 7.11 Å². The van der Waals surface area contributed by atoms with Crippen molar-refractivity contribution in [1.29, 1.82) is 0 Å². The van der Waals surface area contributed by atoms with Crippen molar-refractivity contribution in [3.05, 3.63) is 62.7 Å². The molecule has 0 saturated heterocycles. The molecule has 0 aliphatic heterocycles. The largest absolute Gasteiger partial charge is 0.496 e. The lowest BCUT2D eigenvalue weighted by Gasteiger charge is -2.17. The maximum absolute atomic E-state index is 6.36. The number of benzene rings is 2. The van der Waals surface area contributed by atoms with E-state index >= 15 is 0 Å². The Morgan fingerprint density at radius 1 is 1.16 bits per heavy atom. The Labute approximate surface area is 128 Å². The first-order chi connectivity index (χ1) is 9.13. The minimum absolute atomic E-state index is 0.0110. The predicted octanol–water partition coefficient (Wildman–Crippen LogP) is 3.85. The monoisotopic (exact) mass is 367 g/mol. The van der Waals surface area contributed by atoms with E-state index in [-0.39, 0.29) is 6.04 Å². The number of rotatable bonds is 4. The summed E-state index contributed by atoms with van der Waals surface area (Å²) in [6, 6.07) is 14.3. The number of para-hydroxylation sites is 1. The fourth-order valence-electron chi connectivity index (χ4n) is 2.17. The number of methoxy groups -OCH3 is 1. The summed E-state index contributed by atoms with van der Waals surface area (Å²) in [6.07, 6.45) is 0.781. The molecule has 0 aliphatic carbocycles. The van der Waals surface area contributed by atoms with E-state index in [1.54, 1.807) is 7.11 Å².